The number of amides is 1. The topological polar surface area (TPSA) is 63.4 Å². The Morgan fingerprint density at radius 2 is 2.12 bits per heavy atom. The van der Waals surface area contributed by atoms with Crippen LogP contribution < -0.4 is 0 Å². The second kappa shape index (κ2) is 7.01. The van der Waals surface area contributed by atoms with Gasteiger partial charge in [-0.05, 0) is 44.9 Å². The van der Waals surface area contributed by atoms with Crippen molar-refractivity contribution >= 4 is 11.6 Å². The Morgan fingerprint density at radius 1 is 1.32 bits per heavy atom. The lowest BCUT2D eigenvalue weighted by Crippen LogP contribution is -2.38. The van der Waals surface area contributed by atoms with Gasteiger partial charge >= 0.3 is 0 Å². The van der Waals surface area contributed by atoms with Crippen LogP contribution in [-0.2, 0) is 6.54 Å². The minimum absolute atomic E-state index is 0.0670. The summed E-state index contributed by atoms with van der Waals surface area (Å²) in [7, 11) is 0. The summed E-state index contributed by atoms with van der Waals surface area (Å²) in [4.78, 5) is 23.7. The summed E-state index contributed by atoms with van der Waals surface area (Å²) >= 11 is 0. The van der Waals surface area contributed by atoms with Crippen molar-refractivity contribution < 1.29 is 4.79 Å². The van der Waals surface area contributed by atoms with Crippen molar-refractivity contribution in [2.75, 3.05) is 0 Å². The highest BCUT2D eigenvalue weighted by Crippen LogP contribution is 2.16. The number of carbonyl (C=O) groups is 1. The van der Waals surface area contributed by atoms with Crippen LogP contribution in [0.4, 0.5) is 0 Å². The molecule has 3 aromatic heterocycles. The molecule has 0 bridgehead atoms. The SMILES string of the molecule is CC[C@H](C)N(Cc1cccnc1)C(=O)c1cc(C)n2nc(C)cc2n1. The molecule has 6 nitrogen and oxygen atoms in total. The third kappa shape index (κ3) is 3.52. The fourth-order valence-electron chi connectivity index (χ4n) is 2.83. The molecule has 3 rings (SSSR count). The molecule has 0 spiro atoms. The first kappa shape index (κ1) is 17.1. The zero-order valence-electron chi connectivity index (χ0n) is 15.1. The molecule has 0 saturated carbocycles. The number of rotatable bonds is 5. The van der Waals surface area contributed by atoms with Crippen molar-refractivity contribution in [2.45, 2.75) is 46.7 Å². The Labute approximate surface area is 147 Å². The Kier molecular flexibility index (Phi) is 4.79. The van der Waals surface area contributed by atoms with Crippen LogP contribution in [0.1, 0.15) is 47.7 Å². The third-order valence-corrected chi connectivity index (χ3v) is 4.41. The quantitative estimate of drug-likeness (QED) is 0.717. The van der Waals surface area contributed by atoms with E-state index in [0.717, 1.165) is 23.4 Å². The van der Waals surface area contributed by atoms with Crippen LogP contribution in [0.5, 0.6) is 0 Å². The predicted molar refractivity (Wildman–Crippen MR) is 96.3 cm³/mol. The van der Waals surface area contributed by atoms with E-state index in [-0.39, 0.29) is 11.9 Å². The van der Waals surface area contributed by atoms with Gasteiger partial charge in [-0.1, -0.05) is 13.0 Å². The predicted octanol–water partition coefficient (Wildman–Crippen LogP) is 3.18. The maximum Gasteiger partial charge on any atom is 0.273 e. The van der Waals surface area contributed by atoms with Gasteiger partial charge in [0.15, 0.2) is 5.65 Å². The van der Waals surface area contributed by atoms with Crippen LogP contribution in [-0.4, -0.2) is 36.4 Å². The van der Waals surface area contributed by atoms with Crippen LogP contribution in [0.15, 0.2) is 36.7 Å². The smallest absolute Gasteiger partial charge is 0.273 e. The van der Waals surface area contributed by atoms with E-state index in [1.54, 1.807) is 23.0 Å². The number of pyridine rings is 1. The van der Waals surface area contributed by atoms with E-state index in [9.17, 15) is 4.79 Å². The summed E-state index contributed by atoms with van der Waals surface area (Å²) < 4.78 is 1.76. The second-order valence-electron chi connectivity index (χ2n) is 6.39. The lowest BCUT2D eigenvalue weighted by Gasteiger charge is -2.28. The Morgan fingerprint density at radius 3 is 2.80 bits per heavy atom. The summed E-state index contributed by atoms with van der Waals surface area (Å²) in [6.07, 6.45) is 4.41. The minimum atomic E-state index is -0.0670. The van der Waals surface area contributed by atoms with Gasteiger partial charge in [0.25, 0.3) is 5.91 Å². The lowest BCUT2D eigenvalue weighted by molar-refractivity contribution is 0.0665. The molecule has 0 unspecified atom stereocenters. The van der Waals surface area contributed by atoms with Gasteiger partial charge in [0.05, 0.1) is 5.69 Å². The zero-order chi connectivity index (χ0) is 18.0. The van der Waals surface area contributed by atoms with Crippen LogP contribution in [0.25, 0.3) is 5.65 Å². The Hall–Kier alpha value is -2.76. The molecule has 1 amide bonds. The molecule has 0 aliphatic heterocycles. The van der Waals surface area contributed by atoms with Crippen molar-refractivity contribution in [3.8, 4) is 0 Å². The number of carbonyl (C=O) groups excluding carboxylic acids is 1. The van der Waals surface area contributed by atoms with E-state index in [1.807, 2.05) is 36.9 Å². The number of nitrogens with zero attached hydrogens (tertiary/aromatic N) is 5. The summed E-state index contributed by atoms with van der Waals surface area (Å²) in [5.74, 6) is -0.0670. The van der Waals surface area contributed by atoms with Crippen molar-refractivity contribution in [1.29, 1.82) is 0 Å². The van der Waals surface area contributed by atoms with E-state index < -0.39 is 0 Å². The first-order chi connectivity index (χ1) is 12.0. The Balaban J connectivity index is 1.96. The van der Waals surface area contributed by atoms with Crippen LogP contribution >= 0.6 is 0 Å². The van der Waals surface area contributed by atoms with Crippen LogP contribution in [0.2, 0.25) is 0 Å². The van der Waals surface area contributed by atoms with Gasteiger partial charge in [-0.15, -0.1) is 0 Å². The monoisotopic (exact) mass is 337 g/mol. The maximum absolute atomic E-state index is 13.2. The highest BCUT2D eigenvalue weighted by Gasteiger charge is 2.23. The van der Waals surface area contributed by atoms with Gasteiger partial charge < -0.3 is 4.90 Å². The molecule has 0 aliphatic rings. The van der Waals surface area contributed by atoms with Crippen LogP contribution in [0, 0.1) is 13.8 Å². The fraction of sp³-hybridized carbons (Fsp3) is 0.368. The van der Waals surface area contributed by atoms with Gasteiger partial charge in [-0.2, -0.15) is 5.10 Å². The summed E-state index contributed by atoms with van der Waals surface area (Å²) in [6.45, 7) is 8.51. The van der Waals surface area contributed by atoms with Gasteiger partial charge in [0, 0.05) is 36.7 Å². The number of fused-ring (bicyclic) bond motifs is 1. The van der Waals surface area contributed by atoms with Crippen molar-refractivity contribution in [3.05, 3.63) is 59.3 Å². The average Bonchev–Trinajstić information content (AvgIpc) is 3.00. The largest absolute Gasteiger partial charge is 0.330 e. The molecule has 1 atom stereocenters. The number of aromatic nitrogens is 4. The van der Waals surface area contributed by atoms with E-state index in [4.69, 9.17) is 0 Å². The number of aryl methyl sites for hydroxylation is 2. The number of hydrogen-bond acceptors (Lipinski definition) is 4. The van der Waals surface area contributed by atoms with Crippen LogP contribution in [0.3, 0.4) is 0 Å². The van der Waals surface area contributed by atoms with Crippen molar-refractivity contribution in [1.82, 2.24) is 24.5 Å². The molecule has 6 heteroatoms. The van der Waals surface area contributed by atoms with Crippen molar-refractivity contribution in [3.63, 3.8) is 0 Å². The first-order valence-electron chi connectivity index (χ1n) is 8.53. The molecular weight excluding hydrogens is 314 g/mol. The molecule has 3 aromatic rings. The first-order valence-corrected chi connectivity index (χ1v) is 8.53. The minimum Gasteiger partial charge on any atom is -0.330 e. The van der Waals surface area contributed by atoms with Gasteiger partial charge in [-0.25, -0.2) is 9.50 Å². The lowest BCUT2D eigenvalue weighted by atomic mass is 10.1. The van der Waals surface area contributed by atoms with E-state index in [0.29, 0.717) is 17.9 Å². The van der Waals surface area contributed by atoms with Gasteiger partial charge in [0.2, 0.25) is 0 Å². The highest BCUT2D eigenvalue weighted by atomic mass is 16.2. The molecule has 0 N–H and O–H groups in total. The summed E-state index contributed by atoms with van der Waals surface area (Å²) in [5.41, 5.74) is 3.94. The standard InChI is InChI=1S/C19H23N5O/c1-5-14(3)23(12-16-7-6-8-20-11-16)19(25)17-10-15(4)24-18(21-17)9-13(2)22-24/h6-11,14H,5,12H2,1-4H3/t14-/m0/s1. The molecule has 0 aliphatic carbocycles. The van der Waals surface area contributed by atoms with Crippen molar-refractivity contribution in [2.24, 2.45) is 0 Å². The Bertz CT molecular complexity index is 887. The van der Waals surface area contributed by atoms with E-state index >= 15 is 0 Å². The molecular formula is C19H23N5O. The molecule has 25 heavy (non-hydrogen) atoms. The van der Waals surface area contributed by atoms with Gasteiger partial charge in [-0.3, -0.25) is 9.78 Å². The molecule has 0 fully saturated rings. The molecule has 0 radical (unpaired) electrons. The summed E-state index contributed by atoms with van der Waals surface area (Å²) in [5, 5.41) is 4.40. The third-order valence-electron chi connectivity index (χ3n) is 4.41. The zero-order valence-corrected chi connectivity index (χ0v) is 15.1. The average molecular weight is 337 g/mol. The molecule has 0 aromatic carbocycles. The highest BCUT2D eigenvalue weighted by molar-refractivity contribution is 5.93. The molecule has 0 saturated heterocycles. The van der Waals surface area contributed by atoms with Gasteiger partial charge in [0.1, 0.15) is 5.69 Å². The fourth-order valence-corrected chi connectivity index (χ4v) is 2.83. The number of hydrogen-bond donors (Lipinski definition) is 0. The molecule has 130 valence electrons. The second-order valence-corrected chi connectivity index (χ2v) is 6.39. The molecule has 3 heterocycles. The van der Waals surface area contributed by atoms with E-state index in [2.05, 4.69) is 28.9 Å². The van der Waals surface area contributed by atoms with E-state index in [1.165, 1.54) is 0 Å². The summed E-state index contributed by atoms with van der Waals surface area (Å²) in [6, 6.07) is 7.67. The maximum atomic E-state index is 13.2. The normalized spacial score (nSPS) is 12.3.